The SMILES string of the molecule is CCN1CCN(C(=O)C2CCNCC2)c2ccccc21. The Morgan fingerprint density at radius 2 is 1.90 bits per heavy atom. The molecule has 0 bridgehead atoms. The summed E-state index contributed by atoms with van der Waals surface area (Å²) in [6.07, 6.45) is 1.93. The normalized spacial score (nSPS) is 19.9. The predicted molar refractivity (Wildman–Crippen MR) is 82.3 cm³/mol. The van der Waals surface area contributed by atoms with E-state index in [-0.39, 0.29) is 5.92 Å². The summed E-state index contributed by atoms with van der Waals surface area (Å²) >= 11 is 0. The van der Waals surface area contributed by atoms with Crippen LogP contribution in [-0.4, -0.2) is 38.6 Å². The van der Waals surface area contributed by atoms with Gasteiger partial charge in [0.25, 0.3) is 0 Å². The zero-order valence-corrected chi connectivity index (χ0v) is 12.1. The molecule has 0 radical (unpaired) electrons. The molecule has 0 spiro atoms. The predicted octanol–water partition coefficient (Wildman–Crippen LogP) is 1.86. The summed E-state index contributed by atoms with van der Waals surface area (Å²) in [5.41, 5.74) is 2.28. The molecule has 1 aromatic rings. The quantitative estimate of drug-likeness (QED) is 0.893. The molecule has 3 rings (SSSR count). The van der Waals surface area contributed by atoms with Crippen LogP contribution in [0.2, 0.25) is 0 Å². The van der Waals surface area contributed by atoms with Crippen molar-refractivity contribution in [2.24, 2.45) is 5.92 Å². The van der Waals surface area contributed by atoms with E-state index in [1.54, 1.807) is 0 Å². The van der Waals surface area contributed by atoms with Crippen molar-refractivity contribution in [2.45, 2.75) is 19.8 Å². The number of para-hydroxylation sites is 2. The standard InChI is InChI=1S/C16H23N3O/c1-2-18-11-12-19(15-6-4-3-5-14(15)18)16(20)13-7-9-17-10-8-13/h3-6,13,17H,2,7-12H2,1H3. The van der Waals surface area contributed by atoms with Crippen LogP contribution in [0.3, 0.4) is 0 Å². The summed E-state index contributed by atoms with van der Waals surface area (Å²) in [6.45, 7) is 6.84. The smallest absolute Gasteiger partial charge is 0.230 e. The Hall–Kier alpha value is -1.55. The van der Waals surface area contributed by atoms with E-state index < -0.39 is 0 Å². The molecule has 2 heterocycles. The lowest BCUT2D eigenvalue weighted by Gasteiger charge is -2.39. The summed E-state index contributed by atoms with van der Waals surface area (Å²) in [4.78, 5) is 17.2. The minimum atomic E-state index is 0.192. The molecule has 1 amide bonds. The number of nitrogens with zero attached hydrogens (tertiary/aromatic N) is 2. The maximum absolute atomic E-state index is 12.8. The van der Waals surface area contributed by atoms with Crippen molar-refractivity contribution in [3.8, 4) is 0 Å². The van der Waals surface area contributed by atoms with Crippen LogP contribution in [0, 0.1) is 5.92 Å². The first-order chi connectivity index (χ1) is 9.81. The zero-order chi connectivity index (χ0) is 13.9. The van der Waals surface area contributed by atoms with E-state index in [0.717, 1.165) is 51.3 Å². The minimum Gasteiger partial charge on any atom is -0.368 e. The second kappa shape index (κ2) is 5.83. The number of fused-ring (bicyclic) bond motifs is 1. The molecule has 0 aliphatic carbocycles. The first-order valence-corrected chi connectivity index (χ1v) is 7.67. The highest BCUT2D eigenvalue weighted by Gasteiger charge is 2.31. The molecule has 108 valence electrons. The third-order valence-corrected chi connectivity index (χ3v) is 4.44. The number of carbonyl (C=O) groups is 1. The Morgan fingerprint density at radius 3 is 2.60 bits per heavy atom. The molecule has 0 atom stereocenters. The second-order valence-corrected chi connectivity index (χ2v) is 5.58. The van der Waals surface area contributed by atoms with Gasteiger partial charge in [-0.1, -0.05) is 12.1 Å². The van der Waals surface area contributed by atoms with Gasteiger partial charge in [0.2, 0.25) is 5.91 Å². The van der Waals surface area contributed by atoms with Crippen LogP contribution >= 0.6 is 0 Å². The van der Waals surface area contributed by atoms with Crippen molar-refractivity contribution in [3.05, 3.63) is 24.3 Å². The van der Waals surface area contributed by atoms with Gasteiger partial charge in [0.1, 0.15) is 0 Å². The molecule has 1 fully saturated rings. The Bertz CT molecular complexity index is 482. The monoisotopic (exact) mass is 273 g/mol. The summed E-state index contributed by atoms with van der Waals surface area (Å²) in [7, 11) is 0. The van der Waals surface area contributed by atoms with Crippen LogP contribution < -0.4 is 15.1 Å². The third kappa shape index (κ3) is 2.40. The largest absolute Gasteiger partial charge is 0.368 e. The number of rotatable bonds is 2. The number of benzene rings is 1. The van der Waals surface area contributed by atoms with Gasteiger partial charge in [0.05, 0.1) is 11.4 Å². The molecule has 1 saturated heterocycles. The van der Waals surface area contributed by atoms with Crippen LogP contribution in [0.1, 0.15) is 19.8 Å². The first kappa shape index (κ1) is 13.4. The van der Waals surface area contributed by atoms with E-state index >= 15 is 0 Å². The topological polar surface area (TPSA) is 35.6 Å². The van der Waals surface area contributed by atoms with Crippen molar-refractivity contribution in [1.82, 2.24) is 5.32 Å². The molecule has 20 heavy (non-hydrogen) atoms. The molecular weight excluding hydrogens is 250 g/mol. The van der Waals surface area contributed by atoms with Gasteiger partial charge in [-0.3, -0.25) is 4.79 Å². The summed E-state index contributed by atoms with van der Waals surface area (Å²) in [6, 6.07) is 8.29. The van der Waals surface area contributed by atoms with Crippen LogP contribution in [0.15, 0.2) is 24.3 Å². The molecule has 0 aromatic heterocycles. The Morgan fingerprint density at radius 1 is 1.20 bits per heavy atom. The fourth-order valence-corrected chi connectivity index (χ4v) is 3.27. The lowest BCUT2D eigenvalue weighted by atomic mass is 9.95. The Balaban J connectivity index is 1.85. The number of amides is 1. The van der Waals surface area contributed by atoms with E-state index in [4.69, 9.17) is 0 Å². The molecule has 0 saturated carbocycles. The van der Waals surface area contributed by atoms with Gasteiger partial charge < -0.3 is 15.1 Å². The van der Waals surface area contributed by atoms with Gasteiger partial charge in [0.15, 0.2) is 0 Å². The van der Waals surface area contributed by atoms with Gasteiger partial charge in [-0.05, 0) is 45.0 Å². The minimum absolute atomic E-state index is 0.192. The van der Waals surface area contributed by atoms with Crippen molar-refractivity contribution in [2.75, 3.05) is 42.5 Å². The number of anilines is 2. The number of piperidine rings is 1. The van der Waals surface area contributed by atoms with Gasteiger partial charge >= 0.3 is 0 Å². The average Bonchev–Trinajstić information content (AvgIpc) is 2.54. The molecule has 2 aliphatic heterocycles. The summed E-state index contributed by atoms with van der Waals surface area (Å²) in [5, 5.41) is 3.33. The van der Waals surface area contributed by atoms with Crippen LogP contribution in [0.5, 0.6) is 0 Å². The number of hydrogen-bond donors (Lipinski definition) is 1. The van der Waals surface area contributed by atoms with Crippen molar-refractivity contribution in [1.29, 1.82) is 0 Å². The number of likely N-dealkylation sites (N-methyl/N-ethyl adjacent to an activating group) is 1. The number of hydrogen-bond acceptors (Lipinski definition) is 3. The molecule has 2 aliphatic rings. The molecule has 1 aromatic carbocycles. The van der Waals surface area contributed by atoms with Crippen LogP contribution in [0.4, 0.5) is 11.4 Å². The molecular formula is C16H23N3O. The fraction of sp³-hybridized carbons (Fsp3) is 0.562. The molecule has 1 N–H and O–H groups in total. The number of nitrogens with one attached hydrogen (secondary N) is 1. The molecule has 0 unspecified atom stereocenters. The zero-order valence-electron chi connectivity index (χ0n) is 12.1. The average molecular weight is 273 g/mol. The third-order valence-electron chi connectivity index (χ3n) is 4.44. The van der Waals surface area contributed by atoms with E-state index in [0.29, 0.717) is 5.91 Å². The lowest BCUT2D eigenvalue weighted by molar-refractivity contribution is -0.123. The van der Waals surface area contributed by atoms with E-state index in [2.05, 4.69) is 35.3 Å². The van der Waals surface area contributed by atoms with Crippen LogP contribution in [-0.2, 0) is 4.79 Å². The Kier molecular flexibility index (Phi) is 3.92. The highest BCUT2D eigenvalue weighted by Crippen LogP contribution is 2.34. The summed E-state index contributed by atoms with van der Waals surface area (Å²) < 4.78 is 0. The Labute approximate surface area is 120 Å². The van der Waals surface area contributed by atoms with Gasteiger partial charge in [-0.25, -0.2) is 0 Å². The highest BCUT2D eigenvalue weighted by atomic mass is 16.2. The first-order valence-electron chi connectivity index (χ1n) is 7.67. The van der Waals surface area contributed by atoms with Gasteiger partial charge in [-0.2, -0.15) is 0 Å². The van der Waals surface area contributed by atoms with E-state index in [1.165, 1.54) is 5.69 Å². The van der Waals surface area contributed by atoms with E-state index in [1.807, 2.05) is 11.0 Å². The van der Waals surface area contributed by atoms with Gasteiger partial charge in [0, 0.05) is 25.6 Å². The van der Waals surface area contributed by atoms with Crippen molar-refractivity contribution >= 4 is 17.3 Å². The molecule has 4 heteroatoms. The second-order valence-electron chi connectivity index (χ2n) is 5.58. The lowest BCUT2D eigenvalue weighted by Crippen LogP contribution is -2.47. The van der Waals surface area contributed by atoms with Crippen molar-refractivity contribution in [3.63, 3.8) is 0 Å². The number of carbonyl (C=O) groups excluding carboxylic acids is 1. The van der Waals surface area contributed by atoms with Gasteiger partial charge in [-0.15, -0.1) is 0 Å². The van der Waals surface area contributed by atoms with Crippen molar-refractivity contribution < 1.29 is 4.79 Å². The van der Waals surface area contributed by atoms with E-state index in [9.17, 15) is 4.79 Å². The molecule has 4 nitrogen and oxygen atoms in total. The summed E-state index contributed by atoms with van der Waals surface area (Å²) in [5.74, 6) is 0.507. The van der Waals surface area contributed by atoms with Crippen LogP contribution in [0.25, 0.3) is 0 Å². The maximum Gasteiger partial charge on any atom is 0.230 e. The highest BCUT2D eigenvalue weighted by molar-refractivity contribution is 5.99. The maximum atomic E-state index is 12.8. The fourth-order valence-electron chi connectivity index (χ4n) is 3.27.